The molecular formula is C15H25N3OS. The standard InChI is InChI=1S/C15H25N3OS/c1-11-9-13(6-8-16-11)15(19)17-7-4-3-5-14-18-12(2)10-20-14/h10-11,13,16H,3-9H2,1-2H3,(H,17,19)/t11-,13-/m0/s1. The molecule has 0 aromatic carbocycles. The summed E-state index contributed by atoms with van der Waals surface area (Å²) in [6.07, 6.45) is 5.08. The second kappa shape index (κ2) is 7.74. The quantitative estimate of drug-likeness (QED) is 0.792. The Morgan fingerprint density at radius 1 is 1.55 bits per heavy atom. The Labute approximate surface area is 125 Å². The van der Waals surface area contributed by atoms with E-state index in [-0.39, 0.29) is 11.8 Å². The zero-order valence-electron chi connectivity index (χ0n) is 12.4. The van der Waals surface area contributed by atoms with Crippen molar-refractivity contribution < 1.29 is 4.79 Å². The van der Waals surface area contributed by atoms with Crippen LogP contribution < -0.4 is 10.6 Å². The zero-order valence-corrected chi connectivity index (χ0v) is 13.3. The number of rotatable bonds is 6. The van der Waals surface area contributed by atoms with E-state index in [1.807, 2.05) is 6.92 Å². The molecule has 0 bridgehead atoms. The molecule has 0 unspecified atom stereocenters. The largest absolute Gasteiger partial charge is 0.356 e. The molecular weight excluding hydrogens is 270 g/mol. The fraction of sp³-hybridized carbons (Fsp3) is 0.733. The fourth-order valence-electron chi connectivity index (χ4n) is 2.64. The fourth-order valence-corrected chi connectivity index (χ4v) is 3.46. The van der Waals surface area contributed by atoms with E-state index in [0.717, 1.165) is 50.9 Å². The second-order valence-electron chi connectivity index (χ2n) is 5.71. The Morgan fingerprint density at radius 2 is 2.40 bits per heavy atom. The summed E-state index contributed by atoms with van der Waals surface area (Å²) >= 11 is 1.73. The molecule has 0 radical (unpaired) electrons. The molecule has 2 atom stereocenters. The van der Waals surface area contributed by atoms with E-state index in [4.69, 9.17) is 0 Å². The van der Waals surface area contributed by atoms with Crippen molar-refractivity contribution in [2.24, 2.45) is 5.92 Å². The van der Waals surface area contributed by atoms with Gasteiger partial charge in [0.1, 0.15) is 0 Å². The molecule has 1 aromatic heterocycles. The summed E-state index contributed by atoms with van der Waals surface area (Å²) in [6, 6.07) is 0.465. The summed E-state index contributed by atoms with van der Waals surface area (Å²) < 4.78 is 0. The molecule has 2 N–H and O–H groups in total. The average Bonchev–Trinajstić information content (AvgIpc) is 2.84. The summed E-state index contributed by atoms with van der Waals surface area (Å²) in [5, 5.41) is 9.76. The van der Waals surface area contributed by atoms with Gasteiger partial charge in [0.25, 0.3) is 0 Å². The summed E-state index contributed by atoms with van der Waals surface area (Å²) in [6.45, 7) is 5.93. The molecule has 1 aliphatic heterocycles. The molecule has 0 saturated carbocycles. The Bertz CT molecular complexity index is 433. The maximum Gasteiger partial charge on any atom is 0.223 e. The van der Waals surface area contributed by atoms with Gasteiger partial charge in [-0.15, -0.1) is 11.3 Å². The van der Waals surface area contributed by atoms with E-state index >= 15 is 0 Å². The highest BCUT2D eigenvalue weighted by Gasteiger charge is 2.24. The first-order valence-corrected chi connectivity index (χ1v) is 8.45. The number of carbonyl (C=O) groups is 1. The van der Waals surface area contributed by atoms with E-state index in [0.29, 0.717) is 6.04 Å². The van der Waals surface area contributed by atoms with Crippen LogP contribution in [-0.2, 0) is 11.2 Å². The summed E-state index contributed by atoms with van der Waals surface area (Å²) in [5.74, 6) is 0.441. The molecule has 1 aliphatic rings. The Balaban J connectivity index is 1.57. The molecule has 0 aliphatic carbocycles. The topological polar surface area (TPSA) is 54.0 Å². The van der Waals surface area contributed by atoms with Crippen molar-refractivity contribution in [2.45, 2.75) is 52.0 Å². The number of unbranched alkanes of at least 4 members (excludes halogenated alkanes) is 1. The van der Waals surface area contributed by atoms with Gasteiger partial charge in [-0.2, -0.15) is 0 Å². The number of hydrogen-bond donors (Lipinski definition) is 2. The van der Waals surface area contributed by atoms with Crippen molar-refractivity contribution in [1.29, 1.82) is 0 Å². The van der Waals surface area contributed by atoms with Crippen molar-refractivity contribution in [3.8, 4) is 0 Å². The summed E-state index contributed by atoms with van der Waals surface area (Å²) in [5.41, 5.74) is 1.11. The molecule has 2 heterocycles. The lowest BCUT2D eigenvalue weighted by Gasteiger charge is -2.27. The number of aryl methyl sites for hydroxylation is 2. The van der Waals surface area contributed by atoms with Gasteiger partial charge in [0.2, 0.25) is 5.91 Å². The van der Waals surface area contributed by atoms with Gasteiger partial charge in [0, 0.05) is 29.6 Å². The van der Waals surface area contributed by atoms with E-state index in [9.17, 15) is 4.79 Å². The number of carbonyl (C=O) groups excluding carboxylic acids is 1. The van der Waals surface area contributed by atoms with Crippen LogP contribution >= 0.6 is 11.3 Å². The van der Waals surface area contributed by atoms with E-state index in [1.54, 1.807) is 11.3 Å². The van der Waals surface area contributed by atoms with Crippen LogP contribution in [0.1, 0.15) is 43.3 Å². The minimum absolute atomic E-state index is 0.202. The van der Waals surface area contributed by atoms with Crippen molar-refractivity contribution in [3.63, 3.8) is 0 Å². The van der Waals surface area contributed by atoms with Crippen LogP contribution in [0.3, 0.4) is 0 Å². The van der Waals surface area contributed by atoms with Gasteiger partial charge in [-0.25, -0.2) is 4.98 Å². The third-order valence-corrected chi connectivity index (χ3v) is 4.80. The van der Waals surface area contributed by atoms with Crippen molar-refractivity contribution >= 4 is 17.2 Å². The van der Waals surface area contributed by atoms with Crippen LogP contribution in [0.25, 0.3) is 0 Å². The van der Waals surface area contributed by atoms with Crippen LogP contribution in [0, 0.1) is 12.8 Å². The number of amides is 1. The van der Waals surface area contributed by atoms with Crippen LogP contribution in [-0.4, -0.2) is 30.0 Å². The lowest BCUT2D eigenvalue weighted by molar-refractivity contribution is -0.126. The number of piperidine rings is 1. The number of thiazole rings is 1. The molecule has 112 valence electrons. The smallest absolute Gasteiger partial charge is 0.223 e. The summed E-state index contributed by atoms with van der Waals surface area (Å²) in [7, 11) is 0. The SMILES string of the molecule is Cc1csc(CCCCNC(=O)[C@H]2CCN[C@@H](C)C2)n1. The maximum atomic E-state index is 12.0. The molecule has 1 fully saturated rings. The molecule has 20 heavy (non-hydrogen) atoms. The van der Waals surface area contributed by atoms with E-state index in [2.05, 4.69) is 27.9 Å². The first-order chi connectivity index (χ1) is 9.65. The van der Waals surface area contributed by atoms with Crippen molar-refractivity contribution in [3.05, 3.63) is 16.1 Å². The van der Waals surface area contributed by atoms with Crippen molar-refractivity contribution in [1.82, 2.24) is 15.6 Å². The minimum atomic E-state index is 0.202. The van der Waals surface area contributed by atoms with Gasteiger partial charge < -0.3 is 10.6 Å². The van der Waals surface area contributed by atoms with Crippen LogP contribution in [0.5, 0.6) is 0 Å². The molecule has 2 rings (SSSR count). The van der Waals surface area contributed by atoms with Gasteiger partial charge in [-0.3, -0.25) is 4.79 Å². The van der Waals surface area contributed by atoms with Crippen LogP contribution in [0.4, 0.5) is 0 Å². The third kappa shape index (κ3) is 4.87. The lowest BCUT2D eigenvalue weighted by Crippen LogP contribution is -2.42. The van der Waals surface area contributed by atoms with Crippen LogP contribution in [0.2, 0.25) is 0 Å². The molecule has 1 amide bonds. The summed E-state index contributed by atoms with van der Waals surface area (Å²) in [4.78, 5) is 16.5. The third-order valence-electron chi connectivity index (χ3n) is 3.78. The Morgan fingerprint density at radius 3 is 3.10 bits per heavy atom. The highest BCUT2D eigenvalue weighted by molar-refractivity contribution is 7.09. The predicted octanol–water partition coefficient (Wildman–Crippen LogP) is 2.28. The Hall–Kier alpha value is -0.940. The van der Waals surface area contributed by atoms with Gasteiger partial charge in [0.05, 0.1) is 5.01 Å². The lowest BCUT2D eigenvalue weighted by atomic mass is 9.92. The van der Waals surface area contributed by atoms with Crippen LogP contribution in [0.15, 0.2) is 5.38 Å². The minimum Gasteiger partial charge on any atom is -0.356 e. The molecule has 4 nitrogen and oxygen atoms in total. The maximum absolute atomic E-state index is 12.0. The highest BCUT2D eigenvalue weighted by atomic mass is 32.1. The van der Waals surface area contributed by atoms with E-state index in [1.165, 1.54) is 5.01 Å². The van der Waals surface area contributed by atoms with Gasteiger partial charge in [0.15, 0.2) is 0 Å². The predicted molar refractivity (Wildman–Crippen MR) is 83.0 cm³/mol. The zero-order chi connectivity index (χ0) is 14.4. The number of nitrogens with zero attached hydrogens (tertiary/aromatic N) is 1. The highest BCUT2D eigenvalue weighted by Crippen LogP contribution is 2.16. The number of aromatic nitrogens is 1. The number of hydrogen-bond acceptors (Lipinski definition) is 4. The van der Waals surface area contributed by atoms with Gasteiger partial charge in [-0.1, -0.05) is 0 Å². The second-order valence-corrected chi connectivity index (χ2v) is 6.65. The molecule has 1 saturated heterocycles. The first-order valence-electron chi connectivity index (χ1n) is 7.57. The Kier molecular flexibility index (Phi) is 5.98. The molecule has 1 aromatic rings. The van der Waals surface area contributed by atoms with Crippen molar-refractivity contribution in [2.75, 3.05) is 13.1 Å². The van der Waals surface area contributed by atoms with Gasteiger partial charge >= 0.3 is 0 Å². The monoisotopic (exact) mass is 295 g/mol. The van der Waals surface area contributed by atoms with E-state index < -0.39 is 0 Å². The average molecular weight is 295 g/mol. The number of nitrogens with one attached hydrogen (secondary N) is 2. The first kappa shape index (κ1) is 15.4. The van der Waals surface area contributed by atoms with Gasteiger partial charge in [-0.05, 0) is 52.5 Å². The molecule has 5 heteroatoms. The molecule has 0 spiro atoms. The normalized spacial score (nSPS) is 22.7.